The van der Waals surface area contributed by atoms with E-state index in [1.165, 1.54) is 0 Å². The van der Waals surface area contributed by atoms with Crippen molar-refractivity contribution in [3.05, 3.63) is 0 Å². The molecule has 0 saturated carbocycles. The first-order valence-corrected chi connectivity index (χ1v) is 1.34. The molecule has 0 aliphatic rings. The van der Waals surface area contributed by atoms with E-state index in [0.29, 0.717) is 0 Å². The molecule has 0 atom stereocenters. The van der Waals surface area contributed by atoms with Gasteiger partial charge in [0.15, 0.2) is 0 Å². The Bertz CT molecular complexity index is 17.1. The number of halogens is 1. The van der Waals surface area contributed by atoms with Gasteiger partial charge in [-0.1, -0.05) is 0 Å². The third kappa shape index (κ3) is 3.85. The van der Waals surface area contributed by atoms with E-state index in [4.69, 9.17) is 5.21 Å². The van der Waals surface area contributed by atoms with Crippen molar-refractivity contribution in [3.8, 4) is 0 Å². The number of hydroxylamine groups is 1. The Kier molecular flexibility index (Phi) is 3.73. The Balaban J connectivity index is 2.19. The van der Waals surface area contributed by atoms with Gasteiger partial charge in [0.05, 0.1) is 0 Å². The van der Waals surface area contributed by atoms with Crippen LogP contribution in [0.2, 0.25) is 0 Å². The van der Waals surface area contributed by atoms with E-state index in [2.05, 4.69) is 0 Å². The van der Waals surface area contributed by atoms with Crippen LogP contribution in [0.4, 0.5) is 4.39 Å². The van der Waals surface area contributed by atoms with Crippen LogP contribution in [0.25, 0.3) is 0 Å². The number of rotatable bonds is 2. The maximum absolute atomic E-state index is 10.8. The zero-order valence-electron chi connectivity index (χ0n) is 2.74. The number of nitrogens with one attached hydrogen (secondary N) is 1. The van der Waals surface area contributed by atoms with Crippen LogP contribution in [-0.2, 0) is 0 Å². The SMILES string of the molecule is ONCCF. The van der Waals surface area contributed by atoms with Crippen molar-refractivity contribution in [2.24, 2.45) is 0 Å². The summed E-state index contributed by atoms with van der Waals surface area (Å²) >= 11 is 0. The van der Waals surface area contributed by atoms with Crippen LogP contribution in [0.1, 0.15) is 0 Å². The summed E-state index contributed by atoms with van der Waals surface area (Å²) in [7, 11) is 0. The molecule has 2 nitrogen and oxygen atoms in total. The maximum Gasteiger partial charge on any atom is 0.104 e. The second-order valence-electron chi connectivity index (χ2n) is 0.597. The van der Waals surface area contributed by atoms with Gasteiger partial charge < -0.3 is 5.21 Å². The quantitative estimate of drug-likeness (QED) is 0.454. The van der Waals surface area contributed by atoms with E-state index in [-0.39, 0.29) is 6.54 Å². The minimum absolute atomic E-state index is 0.0278. The van der Waals surface area contributed by atoms with Gasteiger partial charge in [-0.3, -0.25) is 0 Å². The van der Waals surface area contributed by atoms with Crippen molar-refractivity contribution < 1.29 is 9.60 Å². The van der Waals surface area contributed by atoms with Crippen molar-refractivity contribution >= 4 is 0 Å². The van der Waals surface area contributed by atoms with Crippen molar-refractivity contribution in [3.63, 3.8) is 0 Å². The van der Waals surface area contributed by atoms with Gasteiger partial charge in [0.1, 0.15) is 6.67 Å². The topological polar surface area (TPSA) is 32.3 Å². The minimum Gasteiger partial charge on any atom is -0.317 e. The van der Waals surface area contributed by atoms with Crippen LogP contribution < -0.4 is 5.48 Å². The summed E-state index contributed by atoms with van der Waals surface area (Å²) in [5.74, 6) is 0. The van der Waals surface area contributed by atoms with E-state index in [1.54, 1.807) is 5.48 Å². The van der Waals surface area contributed by atoms with Crippen LogP contribution in [0, 0.1) is 0 Å². The second-order valence-corrected chi connectivity index (χ2v) is 0.597. The highest BCUT2D eigenvalue weighted by molar-refractivity contribution is 4.21. The van der Waals surface area contributed by atoms with Gasteiger partial charge in [-0.15, -0.1) is 0 Å². The first-order valence-electron chi connectivity index (χ1n) is 1.34. The Morgan fingerprint density at radius 2 is 2.40 bits per heavy atom. The smallest absolute Gasteiger partial charge is 0.104 e. The highest BCUT2D eigenvalue weighted by Crippen LogP contribution is 1.55. The highest BCUT2D eigenvalue weighted by Gasteiger charge is 1.70. The average Bonchev–Trinajstić information content (AvgIpc) is 1.41. The molecule has 0 fully saturated rings. The molecule has 0 spiro atoms. The molecule has 2 N–H and O–H groups in total. The normalized spacial score (nSPS) is 8.40. The van der Waals surface area contributed by atoms with Gasteiger partial charge in [-0.25, -0.2) is 9.87 Å². The summed E-state index contributed by atoms with van der Waals surface area (Å²) in [5.41, 5.74) is 1.64. The van der Waals surface area contributed by atoms with Crippen molar-refractivity contribution in [1.29, 1.82) is 0 Å². The van der Waals surface area contributed by atoms with Gasteiger partial charge in [0, 0.05) is 6.54 Å². The van der Waals surface area contributed by atoms with Crippen molar-refractivity contribution in [1.82, 2.24) is 5.48 Å². The molecule has 3 heteroatoms. The summed E-state index contributed by atoms with van der Waals surface area (Å²) in [6, 6.07) is 0. The predicted molar refractivity (Wildman–Crippen MR) is 15.8 cm³/mol. The van der Waals surface area contributed by atoms with E-state index < -0.39 is 6.67 Å². The van der Waals surface area contributed by atoms with Gasteiger partial charge in [-0.2, -0.15) is 0 Å². The molecule has 0 amide bonds. The zero-order chi connectivity index (χ0) is 4.12. The van der Waals surface area contributed by atoms with Crippen LogP contribution in [0.15, 0.2) is 0 Å². The molecule has 0 aromatic rings. The molecule has 0 radical (unpaired) electrons. The first-order chi connectivity index (χ1) is 2.41. The lowest BCUT2D eigenvalue weighted by Crippen LogP contribution is -2.09. The van der Waals surface area contributed by atoms with E-state index >= 15 is 0 Å². The van der Waals surface area contributed by atoms with E-state index in [9.17, 15) is 4.39 Å². The van der Waals surface area contributed by atoms with E-state index in [1.807, 2.05) is 0 Å². The molecule has 0 aliphatic heterocycles. The minimum atomic E-state index is -0.517. The molecule has 32 valence electrons. The Morgan fingerprint density at radius 1 is 1.80 bits per heavy atom. The monoisotopic (exact) mass is 79.0 g/mol. The number of hydrogen-bond acceptors (Lipinski definition) is 2. The molecular weight excluding hydrogens is 73.0 g/mol. The Morgan fingerprint density at radius 3 is 2.40 bits per heavy atom. The third-order valence-electron chi connectivity index (χ3n) is 0.206. The molecular formula is C2H6FNO. The van der Waals surface area contributed by atoms with Crippen LogP contribution >= 0.6 is 0 Å². The van der Waals surface area contributed by atoms with Gasteiger partial charge >= 0.3 is 0 Å². The highest BCUT2D eigenvalue weighted by atomic mass is 19.1. The summed E-state index contributed by atoms with van der Waals surface area (Å²) in [5, 5.41) is 7.58. The number of hydrogen-bond donors (Lipinski definition) is 2. The molecule has 0 aromatic heterocycles. The standard InChI is InChI=1S/C2H6FNO/c3-1-2-4-5/h4-5H,1-2H2. The summed E-state index contributed by atoms with van der Waals surface area (Å²) in [6.45, 7) is -0.490. The summed E-state index contributed by atoms with van der Waals surface area (Å²) < 4.78 is 10.8. The molecule has 0 aliphatic carbocycles. The Labute approximate surface area is 29.6 Å². The molecule has 5 heavy (non-hydrogen) atoms. The summed E-state index contributed by atoms with van der Waals surface area (Å²) in [6.07, 6.45) is 0. The molecule has 0 rings (SSSR count). The largest absolute Gasteiger partial charge is 0.317 e. The lowest BCUT2D eigenvalue weighted by molar-refractivity contribution is 0.158. The third-order valence-corrected chi connectivity index (χ3v) is 0.206. The van der Waals surface area contributed by atoms with Crippen LogP contribution in [0.3, 0.4) is 0 Å². The Hall–Kier alpha value is -0.150. The zero-order valence-corrected chi connectivity index (χ0v) is 2.74. The predicted octanol–water partition coefficient (Wildman–Crippen LogP) is -0.0653. The fraction of sp³-hybridized carbons (Fsp3) is 1.00. The second kappa shape index (κ2) is 3.85. The first kappa shape index (κ1) is 4.85. The van der Waals surface area contributed by atoms with Crippen LogP contribution in [0.5, 0.6) is 0 Å². The molecule has 0 heterocycles. The lowest BCUT2D eigenvalue weighted by atomic mass is 10.8. The van der Waals surface area contributed by atoms with Crippen LogP contribution in [-0.4, -0.2) is 18.4 Å². The van der Waals surface area contributed by atoms with Crippen molar-refractivity contribution in [2.75, 3.05) is 13.2 Å². The average molecular weight is 79.1 g/mol. The summed E-state index contributed by atoms with van der Waals surface area (Å²) in [4.78, 5) is 0. The lowest BCUT2D eigenvalue weighted by Gasteiger charge is -1.81. The van der Waals surface area contributed by atoms with Gasteiger partial charge in [0.25, 0.3) is 0 Å². The van der Waals surface area contributed by atoms with Crippen molar-refractivity contribution in [2.45, 2.75) is 0 Å². The fourth-order valence-electron chi connectivity index (χ4n) is 0.0423. The fourth-order valence-corrected chi connectivity index (χ4v) is 0.0423. The maximum atomic E-state index is 10.8. The molecule has 0 saturated heterocycles. The van der Waals surface area contributed by atoms with E-state index in [0.717, 1.165) is 0 Å². The van der Waals surface area contributed by atoms with Gasteiger partial charge in [-0.05, 0) is 0 Å². The van der Waals surface area contributed by atoms with Gasteiger partial charge in [0.2, 0.25) is 0 Å². The number of alkyl halides is 1. The molecule has 0 aromatic carbocycles. The molecule has 0 bridgehead atoms. The molecule has 0 unspecified atom stereocenters.